The van der Waals surface area contributed by atoms with E-state index in [1.165, 1.54) is 14.2 Å². The average molecular weight is 354 g/mol. The van der Waals surface area contributed by atoms with Crippen LogP contribution in [0.5, 0.6) is 5.75 Å². The fourth-order valence-electron chi connectivity index (χ4n) is 2.56. The monoisotopic (exact) mass is 354 g/mol. The Hall–Kier alpha value is -1.67. The van der Waals surface area contributed by atoms with Crippen LogP contribution in [0.4, 0.5) is 0 Å². The van der Waals surface area contributed by atoms with Crippen molar-refractivity contribution in [3.63, 3.8) is 0 Å². The molecule has 0 fully saturated rings. The molecule has 6 nitrogen and oxygen atoms in total. The van der Waals surface area contributed by atoms with Gasteiger partial charge in [-0.3, -0.25) is 4.18 Å². The standard InChI is InChI=1S/C17H22O6S/c1-20-15-8-7-13-9-12(5-6-14(13)11-15)10-16(17(21-2)22-3)23-24(4,18)19/h5-9,11,16-17H,10H2,1-4H3. The summed E-state index contributed by atoms with van der Waals surface area (Å²) in [6.07, 6.45) is -0.215. The number of hydrogen-bond donors (Lipinski definition) is 0. The van der Waals surface area contributed by atoms with E-state index in [4.69, 9.17) is 18.4 Å². The lowest BCUT2D eigenvalue weighted by Crippen LogP contribution is -2.35. The maximum atomic E-state index is 11.5. The van der Waals surface area contributed by atoms with Crippen LogP contribution in [0.15, 0.2) is 36.4 Å². The first kappa shape index (κ1) is 18.7. The lowest BCUT2D eigenvalue weighted by Gasteiger charge is -2.24. The van der Waals surface area contributed by atoms with Crippen molar-refractivity contribution in [2.45, 2.75) is 18.8 Å². The van der Waals surface area contributed by atoms with Gasteiger partial charge in [0.25, 0.3) is 10.1 Å². The first-order valence-corrected chi connectivity index (χ1v) is 9.18. The van der Waals surface area contributed by atoms with Gasteiger partial charge in [0, 0.05) is 20.6 Å². The minimum Gasteiger partial charge on any atom is -0.497 e. The van der Waals surface area contributed by atoms with Crippen LogP contribution >= 0.6 is 0 Å². The van der Waals surface area contributed by atoms with Crippen molar-refractivity contribution in [2.24, 2.45) is 0 Å². The lowest BCUT2D eigenvalue weighted by atomic mass is 10.0. The third-order valence-electron chi connectivity index (χ3n) is 3.62. The van der Waals surface area contributed by atoms with Gasteiger partial charge in [-0.25, -0.2) is 0 Å². The maximum absolute atomic E-state index is 11.5. The highest BCUT2D eigenvalue weighted by Gasteiger charge is 2.26. The average Bonchev–Trinajstić information content (AvgIpc) is 2.54. The molecule has 0 aromatic heterocycles. The second kappa shape index (κ2) is 7.94. The van der Waals surface area contributed by atoms with Gasteiger partial charge in [-0.15, -0.1) is 0 Å². The van der Waals surface area contributed by atoms with Gasteiger partial charge in [-0.1, -0.05) is 24.3 Å². The summed E-state index contributed by atoms with van der Waals surface area (Å²) < 4.78 is 43.7. The van der Waals surface area contributed by atoms with Gasteiger partial charge < -0.3 is 14.2 Å². The molecule has 1 atom stereocenters. The van der Waals surface area contributed by atoms with E-state index in [1.54, 1.807) is 7.11 Å². The topological polar surface area (TPSA) is 71.1 Å². The Labute approximate surface area is 142 Å². The zero-order valence-corrected chi connectivity index (χ0v) is 15.0. The Morgan fingerprint density at radius 2 is 1.58 bits per heavy atom. The first-order valence-electron chi connectivity index (χ1n) is 7.37. The van der Waals surface area contributed by atoms with Gasteiger partial charge in [0.2, 0.25) is 0 Å². The van der Waals surface area contributed by atoms with Crippen molar-refractivity contribution in [2.75, 3.05) is 27.6 Å². The molecular weight excluding hydrogens is 332 g/mol. The zero-order chi connectivity index (χ0) is 17.7. The number of rotatable bonds is 8. The Balaban J connectivity index is 2.29. The molecular formula is C17H22O6S. The molecule has 0 radical (unpaired) electrons. The van der Waals surface area contributed by atoms with Crippen LogP contribution in [0.2, 0.25) is 0 Å². The molecule has 2 aromatic carbocycles. The van der Waals surface area contributed by atoms with Crippen LogP contribution in [-0.4, -0.2) is 48.4 Å². The van der Waals surface area contributed by atoms with Crippen LogP contribution in [0, 0.1) is 0 Å². The number of ether oxygens (including phenoxy) is 3. The van der Waals surface area contributed by atoms with E-state index in [0.29, 0.717) is 6.42 Å². The molecule has 7 heteroatoms. The summed E-state index contributed by atoms with van der Waals surface area (Å²) in [5, 5.41) is 2.06. The molecule has 0 amide bonds. The normalized spacial score (nSPS) is 13.4. The highest BCUT2D eigenvalue weighted by molar-refractivity contribution is 7.86. The van der Waals surface area contributed by atoms with Crippen molar-refractivity contribution in [3.05, 3.63) is 42.0 Å². The highest BCUT2D eigenvalue weighted by Crippen LogP contribution is 2.23. The van der Waals surface area contributed by atoms with Gasteiger partial charge in [-0.05, 0) is 28.5 Å². The van der Waals surface area contributed by atoms with E-state index >= 15 is 0 Å². The summed E-state index contributed by atoms with van der Waals surface area (Å²) in [5.74, 6) is 0.785. The summed E-state index contributed by atoms with van der Waals surface area (Å²) in [6.45, 7) is 0. The molecule has 0 saturated carbocycles. The van der Waals surface area contributed by atoms with Crippen LogP contribution in [0.25, 0.3) is 10.8 Å². The van der Waals surface area contributed by atoms with Crippen molar-refractivity contribution in [1.29, 1.82) is 0 Å². The van der Waals surface area contributed by atoms with Gasteiger partial charge >= 0.3 is 0 Å². The van der Waals surface area contributed by atoms with E-state index in [0.717, 1.165) is 28.3 Å². The third-order valence-corrected chi connectivity index (χ3v) is 4.21. The van der Waals surface area contributed by atoms with Crippen molar-refractivity contribution < 1.29 is 26.8 Å². The van der Waals surface area contributed by atoms with Gasteiger partial charge in [0.1, 0.15) is 11.9 Å². The third kappa shape index (κ3) is 4.91. The van der Waals surface area contributed by atoms with E-state index < -0.39 is 22.5 Å². The molecule has 2 rings (SSSR count). The molecule has 0 bridgehead atoms. The van der Waals surface area contributed by atoms with Crippen molar-refractivity contribution in [3.8, 4) is 5.75 Å². The summed E-state index contributed by atoms with van der Waals surface area (Å²) >= 11 is 0. The van der Waals surface area contributed by atoms with Crippen molar-refractivity contribution in [1.82, 2.24) is 0 Å². The molecule has 2 aromatic rings. The van der Waals surface area contributed by atoms with E-state index in [9.17, 15) is 8.42 Å². The number of hydrogen-bond acceptors (Lipinski definition) is 6. The molecule has 0 heterocycles. The molecule has 1 unspecified atom stereocenters. The Bertz CT molecular complexity index is 783. The van der Waals surface area contributed by atoms with Crippen LogP contribution in [0.3, 0.4) is 0 Å². The number of benzene rings is 2. The van der Waals surface area contributed by atoms with Gasteiger partial charge in [0.05, 0.1) is 13.4 Å². The van der Waals surface area contributed by atoms with E-state index in [-0.39, 0.29) is 0 Å². The van der Waals surface area contributed by atoms with Crippen LogP contribution in [0.1, 0.15) is 5.56 Å². The van der Waals surface area contributed by atoms with Crippen LogP contribution < -0.4 is 4.74 Å². The Morgan fingerprint density at radius 3 is 2.17 bits per heavy atom. The predicted octanol–water partition coefficient (Wildman–Crippen LogP) is 2.35. The molecule has 0 aliphatic heterocycles. The SMILES string of the molecule is COc1ccc2cc(CC(OS(C)(=O)=O)C(OC)OC)ccc2c1. The van der Waals surface area contributed by atoms with Gasteiger partial charge in [-0.2, -0.15) is 8.42 Å². The molecule has 0 aliphatic rings. The smallest absolute Gasteiger partial charge is 0.264 e. The summed E-state index contributed by atoms with van der Waals surface area (Å²) in [5.41, 5.74) is 0.917. The fourth-order valence-corrected chi connectivity index (χ4v) is 3.17. The molecule has 0 saturated heterocycles. The largest absolute Gasteiger partial charge is 0.497 e. The highest BCUT2D eigenvalue weighted by atomic mass is 32.2. The summed E-state index contributed by atoms with van der Waals surface area (Å²) in [4.78, 5) is 0. The predicted molar refractivity (Wildman–Crippen MR) is 91.7 cm³/mol. The number of methoxy groups -OCH3 is 3. The molecule has 0 spiro atoms. The van der Waals surface area contributed by atoms with E-state index in [1.807, 2.05) is 36.4 Å². The quantitative estimate of drug-likeness (QED) is 0.535. The minimum absolute atomic E-state index is 0.335. The van der Waals surface area contributed by atoms with E-state index in [2.05, 4.69) is 0 Å². The van der Waals surface area contributed by atoms with Gasteiger partial charge in [0.15, 0.2) is 6.29 Å². The summed E-state index contributed by atoms with van der Waals surface area (Å²) in [7, 11) is 0.874. The van der Waals surface area contributed by atoms with Crippen LogP contribution in [-0.2, 0) is 30.2 Å². The second-order valence-corrected chi connectivity index (χ2v) is 7.03. The molecule has 0 aliphatic carbocycles. The maximum Gasteiger partial charge on any atom is 0.264 e. The second-order valence-electron chi connectivity index (χ2n) is 5.43. The zero-order valence-electron chi connectivity index (χ0n) is 14.2. The molecule has 132 valence electrons. The first-order chi connectivity index (χ1) is 11.4. The summed E-state index contributed by atoms with van der Waals surface area (Å²) in [6, 6.07) is 11.6. The Morgan fingerprint density at radius 1 is 0.958 bits per heavy atom. The lowest BCUT2D eigenvalue weighted by molar-refractivity contribution is -0.154. The van der Waals surface area contributed by atoms with Crippen molar-refractivity contribution >= 4 is 20.9 Å². The molecule has 24 heavy (non-hydrogen) atoms. The Kier molecular flexibility index (Phi) is 6.17. The molecule has 0 N–H and O–H groups in total. The fraction of sp³-hybridized carbons (Fsp3) is 0.412. The minimum atomic E-state index is -3.64. The number of fused-ring (bicyclic) bond motifs is 1.